The van der Waals surface area contributed by atoms with E-state index in [0.717, 1.165) is 0 Å². The first-order valence-electron chi connectivity index (χ1n) is 4.54. The van der Waals surface area contributed by atoms with Crippen LogP contribution in [0.4, 0.5) is 0 Å². The fraction of sp³-hybridized carbons (Fsp3) is 0.545. The first kappa shape index (κ1) is 11.9. The zero-order chi connectivity index (χ0) is 10.3. The lowest BCUT2D eigenvalue weighted by Crippen LogP contribution is -2.14. The highest BCUT2D eigenvalue weighted by molar-refractivity contribution is 5.74. The average Bonchev–Trinajstić information content (AvgIpc) is 2.05. The van der Waals surface area contributed by atoms with E-state index in [1.54, 1.807) is 13.0 Å². The molecule has 0 radical (unpaired) electrons. The van der Waals surface area contributed by atoms with Gasteiger partial charge in [-0.1, -0.05) is 17.7 Å². The Labute approximate surface area is 80.3 Å². The fourth-order valence-corrected chi connectivity index (χ4v) is 0.901. The monoisotopic (exact) mass is 182 g/mol. The smallest absolute Gasteiger partial charge is 0.313 e. The van der Waals surface area contributed by atoms with Crippen molar-refractivity contribution in [1.29, 1.82) is 0 Å². The van der Waals surface area contributed by atoms with Crippen molar-refractivity contribution in [2.75, 3.05) is 6.61 Å². The highest BCUT2D eigenvalue weighted by Crippen LogP contribution is 2.09. The van der Waals surface area contributed by atoms with Gasteiger partial charge in [0, 0.05) is 0 Å². The van der Waals surface area contributed by atoms with Crippen LogP contribution in [0.25, 0.3) is 0 Å². The summed E-state index contributed by atoms with van der Waals surface area (Å²) in [4.78, 5) is 11.3. The van der Waals surface area contributed by atoms with Crippen LogP contribution in [0.15, 0.2) is 24.3 Å². The molecular formula is C11H18O2. The SMILES string of the molecule is C=CC(CC=C(C)C)C(=O)OCC. The molecule has 0 saturated carbocycles. The van der Waals surface area contributed by atoms with Crippen LogP contribution in [0, 0.1) is 5.92 Å². The van der Waals surface area contributed by atoms with Crippen molar-refractivity contribution < 1.29 is 9.53 Å². The van der Waals surface area contributed by atoms with E-state index in [0.29, 0.717) is 13.0 Å². The number of carbonyl (C=O) groups is 1. The van der Waals surface area contributed by atoms with Crippen molar-refractivity contribution in [2.24, 2.45) is 5.92 Å². The number of carbonyl (C=O) groups excluding carboxylic acids is 1. The first-order chi connectivity index (χ1) is 6.11. The zero-order valence-electron chi connectivity index (χ0n) is 8.67. The van der Waals surface area contributed by atoms with Gasteiger partial charge in [0.2, 0.25) is 0 Å². The minimum atomic E-state index is -0.199. The van der Waals surface area contributed by atoms with Gasteiger partial charge in [0.05, 0.1) is 12.5 Å². The molecule has 0 N–H and O–H groups in total. The largest absolute Gasteiger partial charge is 0.466 e. The van der Waals surface area contributed by atoms with Gasteiger partial charge in [0.1, 0.15) is 0 Å². The molecule has 0 aromatic rings. The second kappa shape index (κ2) is 6.46. The predicted octanol–water partition coefficient (Wildman–Crippen LogP) is 2.71. The standard InChI is InChI=1S/C11H18O2/c1-5-10(8-7-9(3)4)11(12)13-6-2/h5,7,10H,1,6,8H2,2-4H3. The van der Waals surface area contributed by atoms with Crippen molar-refractivity contribution in [1.82, 2.24) is 0 Å². The third-order valence-electron chi connectivity index (χ3n) is 1.65. The molecule has 0 saturated heterocycles. The summed E-state index contributed by atoms with van der Waals surface area (Å²) in [5.41, 5.74) is 1.20. The van der Waals surface area contributed by atoms with Crippen LogP contribution in [-0.4, -0.2) is 12.6 Å². The molecule has 0 spiro atoms. The van der Waals surface area contributed by atoms with Crippen LogP contribution in [0.3, 0.4) is 0 Å². The van der Waals surface area contributed by atoms with E-state index < -0.39 is 0 Å². The predicted molar refractivity (Wildman–Crippen MR) is 54.4 cm³/mol. The van der Waals surface area contributed by atoms with Crippen LogP contribution in [0.5, 0.6) is 0 Å². The summed E-state index contributed by atoms with van der Waals surface area (Å²) in [7, 11) is 0. The topological polar surface area (TPSA) is 26.3 Å². The summed E-state index contributed by atoms with van der Waals surface area (Å²) in [5, 5.41) is 0. The van der Waals surface area contributed by atoms with Gasteiger partial charge < -0.3 is 4.74 Å². The number of ether oxygens (including phenoxy) is 1. The van der Waals surface area contributed by atoms with E-state index >= 15 is 0 Å². The van der Waals surface area contributed by atoms with Crippen LogP contribution >= 0.6 is 0 Å². The lowest BCUT2D eigenvalue weighted by Gasteiger charge is -2.08. The van der Waals surface area contributed by atoms with Gasteiger partial charge in [-0.15, -0.1) is 6.58 Å². The van der Waals surface area contributed by atoms with E-state index in [2.05, 4.69) is 6.58 Å². The van der Waals surface area contributed by atoms with Crippen LogP contribution in [-0.2, 0) is 9.53 Å². The van der Waals surface area contributed by atoms with Gasteiger partial charge in [0.15, 0.2) is 0 Å². The second-order valence-corrected chi connectivity index (χ2v) is 3.11. The van der Waals surface area contributed by atoms with Gasteiger partial charge in [0.25, 0.3) is 0 Å². The third-order valence-corrected chi connectivity index (χ3v) is 1.65. The Hall–Kier alpha value is -1.05. The van der Waals surface area contributed by atoms with E-state index in [4.69, 9.17) is 4.74 Å². The third kappa shape index (κ3) is 5.23. The minimum absolute atomic E-state index is 0.185. The quantitative estimate of drug-likeness (QED) is 0.482. The molecule has 0 aliphatic heterocycles. The van der Waals surface area contributed by atoms with Crippen molar-refractivity contribution in [2.45, 2.75) is 27.2 Å². The maximum atomic E-state index is 11.3. The van der Waals surface area contributed by atoms with E-state index in [1.807, 2.05) is 19.9 Å². The molecule has 1 unspecified atom stereocenters. The van der Waals surface area contributed by atoms with Gasteiger partial charge in [-0.3, -0.25) is 4.79 Å². The van der Waals surface area contributed by atoms with E-state index in [9.17, 15) is 4.79 Å². The number of rotatable bonds is 5. The lowest BCUT2D eigenvalue weighted by molar-refractivity contribution is -0.146. The molecule has 0 heterocycles. The van der Waals surface area contributed by atoms with Gasteiger partial charge >= 0.3 is 5.97 Å². The summed E-state index contributed by atoms with van der Waals surface area (Å²) in [6, 6.07) is 0. The molecule has 0 rings (SSSR count). The molecular weight excluding hydrogens is 164 g/mol. The number of hydrogen-bond donors (Lipinski definition) is 0. The van der Waals surface area contributed by atoms with Crippen LogP contribution < -0.4 is 0 Å². The molecule has 0 aliphatic carbocycles. The summed E-state index contributed by atoms with van der Waals surface area (Å²) in [6.07, 6.45) is 4.34. The molecule has 2 nitrogen and oxygen atoms in total. The highest BCUT2D eigenvalue weighted by atomic mass is 16.5. The molecule has 0 fully saturated rings. The van der Waals surface area contributed by atoms with Crippen LogP contribution in [0.2, 0.25) is 0 Å². The van der Waals surface area contributed by atoms with E-state index in [-0.39, 0.29) is 11.9 Å². The van der Waals surface area contributed by atoms with Gasteiger partial charge in [-0.25, -0.2) is 0 Å². The average molecular weight is 182 g/mol. The lowest BCUT2D eigenvalue weighted by atomic mass is 10.0. The molecule has 0 aromatic carbocycles. The first-order valence-corrected chi connectivity index (χ1v) is 4.54. The number of allylic oxidation sites excluding steroid dienone is 2. The molecule has 1 atom stereocenters. The summed E-state index contributed by atoms with van der Waals surface area (Å²) < 4.78 is 4.89. The second-order valence-electron chi connectivity index (χ2n) is 3.11. The molecule has 13 heavy (non-hydrogen) atoms. The molecule has 0 bridgehead atoms. The van der Waals surface area contributed by atoms with Gasteiger partial charge in [-0.2, -0.15) is 0 Å². The maximum absolute atomic E-state index is 11.3. The highest BCUT2D eigenvalue weighted by Gasteiger charge is 2.13. The van der Waals surface area contributed by atoms with E-state index in [1.165, 1.54) is 5.57 Å². The summed E-state index contributed by atoms with van der Waals surface area (Å²) in [5.74, 6) is -0.384. The minimum Gasteiger partial charge on any atom is -0.466 e. The zero-order valence-corrected chi connectivity index (χ0v) is 8.67. The van der Waals surface area contributed by atoms with Crippen molar-refractivity contribution in [3.05, 3.63) is 24.3 Å². The molecule has 2 heteroatoms. The van der Waals surface area contributed by atoms with Gasteiger partial charge in [-0.05, 0) is 27.2 Å². The molecule has 0 aliphatic rings. The Morgan fingerprint density at radius 1 is 1.54 bits per heavy atom. The Kier molecular flexibility index (Phi) is 5.94. The molecule has 0 amide bonds. The Morgan fingerprint density at radius 2 is 2.15 bits per heavy atom. The molecule has 0 aromatic heterocycles. The number of esters is 1. The van der Waals surface area contributed by atoms with Crippen molar-refractivity contribution in [3.63, 3.8) is 0 Å². The molecule has 74 valence electrons. The Balaban J connectivity index is 4.10. The summed E-state index contributed by atoms with van der Waals surface area (Å²) in [6.45, 7) is 9.86. The maximum Gasteiger partial charge on any atom is 0.313 e. The summed E-state index contributed by atoms with van der Waals surface area (Å²) >= 11 is 0. The normalized spacial score (nSPS) is 11.6. The Bertz CT molecular complexity index is 200. The van der Waals surface area contributed by atoms with Crippen molar-refractivity contribution in [3.8, 4) is 0 Å². The van der Waals surface area contributed by atoms with Crippen LogP contribution in [0.1, 0.15) is 27.2 Å². The Morgan fingerprint density at radius 3 is 2.54 bits per heavy atom. The fourth-order valence-electron chi connectivity index (χ4n) is 0.901. The van der Waals surface area contributed by atoms with Crippen molar-refractivity contribution >= 4 is 5.97 Å². The number of hydrogen-bond acceptors (Lipinski definition) is 2.